The second-order valence-electron chi connectivity index (χ2n) is 4.87. The van der Waals surface area contributed by atoms with E-state index < -0.39 is 0 Å². The van der Waals surface area contributed by atoms with Crippen molar-refractivity contribution in [3.05, 3.63) is 47.8 Å². The molecule has 0 radical (unpaired) electrons. The van der Waals surface area contributed by atoms with Crippen LogP contribution in [0, 0.1) is 0 Å². The molecule has 0 bridgehead atoms. The van der Waals surface area contributed by atoms with Gasteiger partial charge in [-0.1, -0.05) is 37.3 Å². The molecule has 1 atom stereocenters. The molecule has 1 unspecified atom stereocenters. The highest BCUT2D eigenvalue weighted by molar-refractivity contribution is 5.48. The second kappa shape index (κ2) is 7.59. The second-order valence-corrected chi connectivity index (χ2v) is 4.87. The molecule has 2 aromatic rings. The molecular weight excluding hydrogens is 264 g/mol. The number of rotatable bonds is 7. The van der Waals surface area contributed by atoms with Gasteiger partial charge in [-0.05, 0) is 12.0 Å². The minimum atomic E-state index is -0.0725. The Hall–Kier alpha value is -2.14. The highest BCUT2D eigenvalue weighted by atomic mass is 16.3. The molecule has 0 aliphatic rings. The topological polar surface area (TPSA) is 70.1 Å². The minimum absolute atomic E-state index is 0.0508. The summed E-state index contributed by atoms with van der Waals surface area (Å²) in [5, 5.41) is 15.9. The third kappa shape index (κ3) is 4.43. The molecule has 112 valence electrons. The normalized spacial score (nSPS) is 12.0. The number of benzene rings is 1. The molecule has 5 nitrogen and oxygen atoms in total. The van der Waals surface area contributed by atoms with Crippen LogP contribution in [0.2, 0.25) is 0 Å². The maximum absolute atomic E-state index is 9.58. The third-order valence-electron chi connectivity index (χ3n) is 3.24. The Morgan fingerprint density at radius 1 is 1.14 bits per heavy atom. The van der Waals surface area contributed by atoms with Gasteiger partial charge in [0.25, 0.3) is 0 Å². The predicted molar refractivity (Wildman–Crippen MR) is 85.6 cm³/mol. The molecule has 0 aliphatic carbocycles. The average molecular weight is 286 g/mol. The van der Waals surface area contributed by atoms with Crippen LogP contribution < -0.4 is 10.6 Å². The highest BCUT2D eigenvalue weighted by Gasteiger charge is 2.10. The summed E-state index contributed by atoms with van der Waals surface area (Å²) in [6.07, 6.45) is 1.52. The van der Waals surface area contributed by atoms with Crippen molar-refractivity contribution in [3.8, 4) is 0 Å². The van der Waals surface area contributed by atoms with Gasteiger partial charge in [0.2, 0.25) is 0 Å². The van der Waals surface area contributed by atoms with Crippen molar-refractivity contribution in [2.45, 2.75) is 25.8 Å². The lowest BCUT2D eigenvalue weighted by molar-refractivity contribution is 0.273. The van der Waals surface area contributed by atoms with Gasteiger partial charge in [-0.2, -0.15) is 0 Å². The van der Waals surface area contributed by atoms with Crippen molar-refractivity contribution in [1.29, 1.82) is 0 Å². The van der Waals surface area contributed by atoms with Crippen molar-refractivity contribution in [2.75, 3.05) is 24.3 Å². The van der Waals surface area contributed by atoms with Gasteiger partial charge in [-0.15, -0.1) is 0 Å². The first-order chi connectivity index (χ1) is 10.2. The Kier molecular flexibility index (Phi) is 5.51. The SMILES string of the molecule is CCc1nc(NC)cc(NC(CO)Cc2ccccc2)n1. The Labute approximate surface area is 125 Å². The molecule has 0 fully saturated rings. The summed E-state index contributed by atoms with van der Waals surface area (Å²) in [6, 6.07) is 11.9. The smallest absolute Gasteiger partial charge is 0.132 e. The van der Waals surface area contributed by atoms with E-state index in [2.05, 4.69) is 32.7 Å². The predicted octanol–water partition coefficient (Wildman–Crippen LogP) is 2.10. The third-order valence-corrected chi connectivity index (χ3v) is 3.24. The van der Waals surface area contributed by atoms with E-state index in [1.807, 2.05) is 38.2 Å². The molecule has 0 saturated heterocycles. The summed E-state index contributed by atoms with van der Waals surface area (Å²) in [7, 11) is 1.83. The van der Waals surface area contributed by atoms with Crippen LogP contribution in [-0.2, 0) is 12.8 Å². The van der Waals surface area contributed by atoms with Gasteiger partial charge < -0.3 is 15.7 Å². The average Bonchev–Trinajstić information content (AvgIpc) is 2.54. The van der Waals surface area contributed by atoms with Crippen LogP contribution in [0.15, 0.2) is 36.4 Å². The Bertz CT molecular complexity index is 537. The minimum Gasteiger partial charge on any atom is -0.394 e. The standard InChI is InChI=1S/C16H22N4O/c1-3-14-19-15(17-2)10-16(20-14)18-13(11-21)9-12-7-5-4-6-8-12/h4-8,10,13,21H,3,9,11H2,1-2H3,(H2,17,18,19,20). The number of aromatic nitrogens is 2. The zero-order valence-corrected chi connectivity index (χ0v) is 12.5. The molecule has 1 aromatic heterocycles. The van der Waals surface area contributed by atoms with Crippen LogP contribution in [0.25, 0.3) is 0 Å². The van der Waals surface area contributed by atoms with Crippen molar-refractivity contribution < 1.29 is 5.11 Å². The van der Waals surface area contributed by atoms with Crippen molar-refractivity contribution >= 4 is 11.6 Å². The molecule has 0 aliphatic heterocycles. The number of hydrogen-bond acceptors (Lipinski definition) is 5. The number of aliphatic hydroxyl groups is 1. The Morgan fingerprint density at radius 2 is 1.86 bits per heavy atom. The van der Waals surface area contributed by atoms with E-state index in [1.165, 1.54) is 5.56 Å². The fourth-order valence-electron chi connectivity index (χ4n) is 2.13. The molecule has 2 rings (SSSR count). The lowest BCUT2D eigenvalue weighted by Crippen LogP contribution is -2.27. The Balaban J connectivity index is 2.11. The lowest BCUT2D eigenvalue weighted by atomic mass is 10.1. The van der Waals surface area contributed by atoms with E-state index in [0.717, 1.165) is 30.3 Å². The van der Waals surface area contributed by atoms with E-state index in [1.54, 1.807) is 0 Å². The number of hydrogen-bond donors (Lipinski definition) is 3. The first-order valence-corrected chi connectivity index (χ1v) is 7.22. The maximum Gasteiger partial charge on any atom is 0.132 e. The van der Waals surface area contributed by atoms with Crippen molar-refractivity contribution in [1.82, 2.24) is 9.97 Å². The molecule has 0 saturated carbocycles. The van der Waals surface area contributed by atoms with Gasteiger partial charge in [0.15, 0.2) is 0 Å². The zero-order chi connectivity index (χ0) is 15.1. The van der Waals surface area contributed by atoms with Gasteiger partial charge >= 0.3 is 0 Å². The van der Waals surface area contributed by atoms with E-state index in [4.69, 9.17) is 0 Å². The number of nitrogens with one attached hydrogen (secondary N) is 2. The monoisotopic (exact) mass is 286 g/mol. The van der Waals surface area contributed by atoms with E-state index in [0.29, 0.717) is 0 Å². The van der Waals surface area contributed by atoms with Crippen LogP contribution in [0.5, 0.6) is 0 Å². The summed E-state index contributed by atoms with van der Waals surface area (Å²) < 4.78 is 0. The Morgan fingerprint density at radius 3 is 2.48 bits per heavy atom. The van der Waals surface area contributed by atoms with Crippen LogP contribution in [-0.4, -0.2) is 34.8 Å². The summed E-state index contributed by atoms with van der Waals surface area (Å²) >= 11 is 0. The van der Waals surface area contributed by atoms with Gasteiger partial charge in [-0.25, -0.2) is 9.97 Å². The highest BCUT2D eigenvalue weighted by Crippen LogP contribution is 2.14. The maximum atomic E-state index is 9.58. The molecule has 1 aromatic carbocycles. The van der Waals surface area contributed by atoms with Gasteiger partial charge in [0.05, 0.1) is 12.6 Å². The molecule has 1 heterocycles. The van der Waals surface area contributed by atoms with E-state index >= 15 is 0 Å². The fraction of sp³-hybridized carbons (Fsp3) is 0.375. The van der Waals surface area contributed by atoms with E-state index in [9.17, 15) is 5.11 Å². The van der Waals surface area contributed by atoms with Crippen LogP contribution >= 0.6 is 0 Å². The zero-order valence-electron chi connectivity index (χ0n) is 12.5. The van der Waals surface area contributed by atoms with E-state index in [-0.39, 0.29) is 12.6 Å². The van der Waals surface area contributed by atoms with Crippen LogP contribution in [0.3, 0.4) is 0 Å². The summed E-state index contributed by atoms with van der Waals surface area (Å²) in [5.41, 5.74) is 1.18. The number of anilines is 2. The first kappa shape index (κ1) is 15.3. The summed E-state index contributed by atoms with van der Waals surface area (Å²) in [6.45, 7) is 2.07. The largest absolute Gasteiger partial charge is 0.394 e. The van der Waals surface area contributed by atoms with Gasteiger partial charge in [0, 0.05) is 19.5 Å². The van der Waals surface area contributed by atoms with Crippen molar-refractivity contribution in [2.24, 2.45) is 0 Å². The van der Waals surface area contributed by atoms with Gasteiger partial charge in [-0.3, -0.25) is 0 Å². The summed E-state index contributed by atoms with van der Waals surface area (Å²) in [5.74, 6) is 2.29. The fourth-order valence-corrected chi connectivity index (χ4v) is 2.13. The molecule has 0 spiro atoms. The van der Waals surface area contributed by atoms with Crippen LogP contribution in [0.4, 0.5) is 11.6 Å². The number of aryl methyl sites for hydroxylation is 1. The van der Waals surface area contributed by atoms with Crippen molar-refractivity contribution in [3.63, 3.8) is 0 Å². The molecule has 5 heteroatoms. The first-order valence-electron chi connectivity index (χ1n) is 7.22. The summed E-state index contributed by atoms with van der Waals surface area (Å²) in [4.78, 5) is 8.82. The quantitative estimate of drug-likeness (QED) is 0.727. The molecule has 0 amide bonds. The lowest BCUT2D eigenvalue weighted by Gasteiger charge is -2.18. The van der Waals surface area contributed by atoms with Crippen LogP contribution in [0.1, 0.15) is 18.3 Å². The molecule has 21 heavy (non-hydrogen) atoms. The number of nitrogens with zero attached hydrogens (tertiary/aromatic N) is 2. The number of aliphatic hydroxyl groups excluding tert-OH is 1. The molecule has 3 N–H and O–H groups in total. The van der Waals surface area contributed by atoms with Gasteiger partial charge in [0.1, 0.15) is 17.5 Å². The molecular formula is C16H22N4O.